The van der Waals surface area contributed by atoms with Gasteiger partial charge in [0.05, 0.1) is 0 Å². The van der Waals surface area contributed by atoms with E-state index in [-0.39, 0.29) is 18.2 Å². The van der Waals surface area contributed by atoms with Crippen LogP contribution < -0.4 is 10.6 Å². The van der Waals surface area contributed by atoms with Crippen molar-refractivity contribution in [1.29, 1.82) is 0 Å². The minimum Gasteiger partial charge on any atom is -0.354 e. The summed E-state index contributed by atoms with van der Waals surface area (Å²) in [4.78, 5) is 35.4. The molecule has 0 rings (SSSR count). The molecular weight excluding hydrogens is 400 g/mol. The molecule has 2 amide bonds. The Morgan fingerprint density at radius 2 is 1.09 bits per heavy atom. The number of unbranched alkanes of at least 4 members (excludes halogenated alkanes) is 16. The van der Waals surface area contributed by atoms with Crippen LogP contribution in [0.15, 0.2) is 0 Å². The van der Waals surface area contributed by atoms with Crippen molar-refractivity contribution in [3.63, 3.8) is 0 Å². The van der Waals surface area contributed by atoms with Gasteiger partial charge in [-0.2, -0.15) is 0 Å². The number of carbonyl (C=O) groups excluding carboxylic acids is 3. The first-order chi connectivity index (χ1) is 15.7. The molecule has 0 unspecified atom stereocenters. The maximum absolute atomic E-state index is 12.3. The number of rotatable bonds is 24. The van der Waals surface area contributed by atoms with E-state index >= 15 is 0 Å². The van der Waals surface area contributed by atoms with Gasteiger partial charge in [-0.25, -0.2) is 0 Å². The molecule has 0 aliphatic carbocycles. The van der Waals surface area contributed by atoms with Crippen molar-refractivity contribution in [2.24, 2.45) is 0 Å². The predicted molar refractivity (Wildman–Crippen MR) is 135 cm³/mol. The van der Waals surface area contributed by atoms with E-state index in [1.54, 1.807) is 0 Å². The second kappa shape index (κ2) is 24.3. The second-order valence-electron chi connectivity index (χ2n) is 9.22. The summed E-state index contributed by atoms with van der Waals surface area (Å²) in [6.45, 7) is 5.06. The summed E-state index contributed by atoms with van der Waals surface area (Å²) in [6, 6.07) is -0.739. The van der Waals surface area contributed by atoms with Crippen LogP contribution in [-0.4, -0.2) is 30.7 Å². The number of aldehydes is 1. The third-order valence-corrected chi connectivity index (χ3v) is 6.07. The molecule has 188 valence electrons. The second-order valence-corrected chi connectivity index (χ2v) is 9.22. The Balaban J connectivity index is 3.77. The Labute approximate surface area is 198 Å². The molecule has 32 heavy (non-hydrogen) atoms. The topological polar surface area (TPSA) is 75.3 Å². The van der Waals surface area contributed by atoms with Gasteiger partial charge in [0.15, 0.2) is 0 Å². The molecule has 2 N–H and O–H groups in total. The van der Waals surface area contributed by atoms with E-state index in [4.69, 9.17) is 0 Å². The van der Waals surface area contributed by atoms with Crippen LogP contribution in [0.5, 0.6) is 0 Å². The van der Waals surface area contributed by atoms with Crippen LogP contribution in [0.1, 0.15) is 142 Å². The largest absolute Gasteiger partial charge is 0.354 e. The SMILES string of the molecule is CCCCCCCCCCCCCC(=O)N[C@@H](CC=O)C(=O)NCCCCCCCCC. The summed E-state index contributed by atoms with van der Waals surface area (Å²) in [5.74, 6) is -0.366. The summed E-state index contributed by atoms with van der Waals surface area (Å²) < 4.78 is 0. The van der Waals surface area contributed by atoms with E-state index < -0.39 is 6.04 Å². The summed E-state index contributed by atoms with van der Waals surface area (Å²) >= 11 is 0. The molecule has 0 aliphatic rings. The van der Waals surface area contributed by atoms with Crippen LogP contribution in [0, 0.1) is 0 Å². The van der Waals surface area contributed by atoms with E-state index in [1.807, 2.05) is 0 Å². The average molecular weight is 453 g/mol. The number of carbonyl (C=O) groups is 3. The van der Waals surface area contributed by atoms with Gasteiger partial charge in [-0.1, -0.05) is 117 Å². The lowest BCUT2D eigenvalue weighted by Crippen LogP contribution is -2.47. The van der Waals surface area contributed by atoms with Gasteiger partial charge in [-0.3, -0.25) is 9.59 Å². The quantitative estimate of drug-likeness (QED) is 0.127. The normalized spacial score (nSPS) is 11.8. The Morgan fingerprint density at radius 1 is 0.656 bits per heavy atom. The predicted octanol–water partition coefficient (Wildman–Crippen LogP) is 6.63. The van der Waals surface area contributed by atoms with Crippen molar-refractivity contribution in [1.82, 2.24) is 10.6 Å². The number of nitrogens with one attached hydrogen (secondary N) is 2. The minimum atomic E-state index is -0.739. The maximum atomic E-state index is 12.3. The summed E-state index contributed by atoms with van der Waals surface area (Å²) in [5.41, 5.74) is 0. The molecule has 5 nitrogen and oxygen atoms in total. The Hall–Kier alpha value is -1.39. The zero-order chi connectivity index (χ0) is 23.7. The molecule has 0 radical (unpaired) electrons. The van der Waals surface area contributed by atoms with Gasteiger partial charge in [-0.15, -0.1) is 0 Å². The fraction of sp³-hybridized carbons (Fsp3) is 0.889. The molecule has 0 aromatic heterocycles. The Bertz CT molecular complexity index is 454. The van der Waals surface area contributed by atoms with Gasteiger partial charge < -0.3 is 15.4 Å². The lowest BCUT2D eigenvalue weighted by Gasteiger charge is -2.16. The molecule has 0 spiro atoms. The smallest absolute Gasteiger partial charge is 0.243 e. The summed E-state index contributed by atoms with van der Waals surface area (Å²) in [7, 11) is 0. The van der Waals surface area contributed by atoms with E-state index in [1.165, 1.54) is 89.9 Å². The van der Waals surface area contributed by atoms with Crippen LogP contribution >= 0.6 is 0 Å². The Kier molecular flexibility index (Phi) is 23.2. The highest BCUT2D eigenvalue weighted by molar-refractivity contribution is 5.89. The van der Waals surface area contributed by atoms with Crippen LogP contribution in [0.2, 0.25) is 0 Å². The van der Waals surface area contributed by atoms with E-state index in [0.717, 1.165) is 25.7 Å². The molecule has 5 heteroatoms. The van der Waals surface area contributed by atoms with Crippen molar-refractivity contribution < 1.29 is 14.4 Å². The van der Waals surface area contributed by atoms with Crippen LogP contribution in [0.4, 0.5) is 0 Å². The highest BCUT2D eigenvalue weighted by Gasteiger charge is 2.19. The molecule has 0 bridgehead atoms. The van der Waals surface area contributed by atoms with Crippen LogP contribution in [0.3, 0.4) is 0 Å². The van der Waals surface area contributed by atoms with Gasteiger partial charge in [0.1, 0.15) is 12.3 Å². The molecule has 0 aromatic rings. The van der Waals surface area contributed by atoms with Crippen molar-refractivity contribution in [3.05, 3.63) is 0 Å². The van der Waals surface area contributed by atoms with Gasteiger partial charge in [0.25, 0.3) is 0 Å². The van der Waals surface area contributed by atoms with Gasteiger partial charge in [0.2, 0.25) is 11.8 Å². The average Bonchev–Trinajstić information content (AvgIpc) is 2.78. The first-order valence-corrected chi connectivity index (χ1v) is 13.7. The first kappa shape index (κ1) is 30.6. The monoisotopic (exact) mass is 452 g/mol. The minimum absolute atomic E-state index is 0.0346. The first-order valence-electron chi connectivity index (χ1n) is 13.7. The highest BCUT2D eigenvalue weighted by Crippen LogP contribution is 2.12. The van der Waals surface area contributed by atoms with E-state index in [2.05, 4.69) is 24.5 Å². The fourth-order valence-corrected chi connectivity index (χ4v) is 3.96. The van der Waals surface area contributed by atoms with Gasteiger partial charge in [0, 0.05) is 19.4 Å². The summed E-state index contributed by atoms with van der Waals surface area (Å²) in [5, 5.41) is 5.62. The molecule has 0 saturated heterocycles. The molecule has 0 aromatic carbocycles. The molecule has 0 heterocycles. The van der Waals surface area contributed by atoms with E-state index in [0.29, 0.717) is 19.3 Å². The number of hydrogen-bond donors (Lipinski definition) is 2. The molecule has 0 saturated carbocycles. The lowest BCUT2D eigenvalue weighted by molar-refractivity contribution is -0.130. The van der Waals surface area contributed by atoms with Crippen LogP contribution in [0.25, 0.3) is 0 Å². The zero-order valence-corrected chi connectivity index (χ0v) is 21.2. The van der Waals surface area contributed by atoms with Gasteiger partial charge >= 0.3 is 0 Å². The van der Waals surface area contributed by atoms with Crippen LogP contribution in [-0.2, 0) is 14.4 Å². The standard InChI is InChI=1S/C27H52N2O3/c1-3-5-7-9-11-12-13-14-15-17-19-21-26(31)29-25(22-24-30)27(32)28-23-20-18-16-10-8-6-4-2/h24-25H,3-23H2,1-2H3,(H,28,32)(H,29,31)/t25-/m0/s1. The van der Waals surface area contributed by atoms with E-state index in [9.17, 15) is 14.4 Å². The third-order valence-electron chi connectivity index (χ3n) is 6.07. The molecular formula is C27H52N2O3. The molecule has 0 fully saturated rings. The Morgan fingerprint density at radius 3 is 1.56 bits per heavy atom. The highest BCUT2D eigenvalue weighted by atomic mass is 16.2. The van der Waals surface area contributed by atoms with Gasteiger partial charge in [-0.05, 0) is 12.8 Å². The fourth-order valence-electron chi connectivity index (χ4n) is 3.96. The maximum Gasteiger partial charge on any atom is 0.243 e. The molecule has 0 aliphatic heterocycles. The number of amides is 2. The number of hydrogen-bond acceptors (Lipinski definition) is 3. The lowest BCUT2D eigenvalue weighted by atomic mass is 10.1. The summed E-state index contributed by atoms with van der Waals surface area (Å²) in [6.07, 6.45) is 23.2. The van der Waals surface area contributed by atoms with Crippen molar-refractivity contribution in [3.8, 4) is 0 Å². The van der Waals surface area contributed by atoms with Crippen molar-refractivity contribution in [2.45, 2.75) is 148 Å². The van der Waals surface area contributed by atoms with Crippen molar-refractivity contribution in [2.75, 3.05) is 6.54 Å². The van der Waals surface area contributed by atoms with Crippen molar-refractivity contribution >= 4 is 18.1 Å². The zero-order valence-electron chi connectivity index (χ0n) is 21.2. The third kappa shape index (κ3) is 20.5. The molecule has 1 atom stereocenters.